The van der Waals surface area contributed by atoms with E-state index in [4.69, 9.17) is 4.42 Å². The number of nitrogens with one attached hydrogen (secondary N) is 1. The van der Waals surface area contributed by atoms with E-state index in [1.165, 1.54) is 17.3 Å². The SMILES string of the molecule is CC(C)c1ccc(NC(=O)CSc2nnc(-c3ccncc3)o2)cc1. The number of amides is 1. The van der Waals surface area contributed by atoms with Crippen LogP contribution < -0.4 is 5.32 Å². The lowest BCUT2D eigenvalue weighted by Gasteiger charge is -2.07. The van der Waals surface area contributed by atoms with Crippen molar-refractivity contribution in [2.45, 2.75) is 25.0 Å². The summed E-state index contributed by atoms with van der Waals surface area (Å²) in [7, 11) is 0. The molecule has 0 radical (unpaired) electrons. The van der Waals surface area contributed by atoms with Crippen molar-refractivity contribution in [2.24, 2.45) is 0 Å². The Hall–Kier alpha value is -2.67. The van der Waals surface area contributed by atoms with Crippen molar-refractivity contribution in [3.8, 4) is 11.5 Å². The number of thioether (sulfide) groups is 1. The fraction of sp³-hybridized carbons (Fsp3) is 0.222. The molecular formula is C18H18N4O2S. The molecular weight excluding hydrogens is 336 g/mol. The van der Waals surface area contributed by atoms with Gasteiger partial charge in [-0.2, -0.15) is 0 Å². The van der Waals surface area contributed by atoms with E-state index in [-0.39, 0.29) is 11.7 Å². The van der Waals surface area contributed by atoms with E-state index in [1.54, 1.807) is 24.5 Å². The van der Waals surface area contributed by atoms with E-state index in [0.29, 0.717) is 17.0 Å². The van der Waals surface area contributed by atoms with Gasteiger partial charge in [-0.05, 0) is 35.7 Å². The molecule has 128 valence electrons. The first-order valence-electron chi connectivity index (χ1n) is 7.88. The van der Waals surface area contributed by atoms with Crippen molar-refractivity contribution in [3.63, 3.8) is 0 Å². The van der Waals surface area contributed by atoms with E-state index in [1.807, 2.05) is 24.3 Å². The number of carbonyl (C=O) groups excluding carboxylic acids is 1. The Morgan fingerprint density at radius 2 is 1.84 bits per heavy atom. The Kier molecular flexibility index (Phi) is 5.45. The number of carbonyl (C=O) groups is 1. The summed E-state index contributed by atoms with van der Waals surface area (Å²) >= 11 is 1.20. The molecule has 0 fully saturated rings. The molecule has 3 aromatic rings. The predicted octanol–water partition coefficient (Wildman–Crippen LogP) is 3.99. The second-order valence-corrected chi connectivity index (χ2v) is 6.65. The molecule has 0 atom stereocenters. The van der Waals surface area contributed by atoms with Gasteiger partial charge in [0.2, 0.25) is 11.8 Å². The first kappa shape index (κ1) is 17.2. The Morgan fingerprint density at radius 3 is 2.52 bits per heavy atom. The van der Waals surface area contributed by atoms with Crippen LogP contribution in [0.2, 0.25) is 0 Å². The number of anilines is 1. The van der Waals surface area contributed by atoms with Crippen molar-refractivity contribution in [3.05, 3.63) is 54.4 Å². The summed E-state index contributed by atoms with van der Waals surface area (Å²) in [6.07, 6.45) is 3.31. The van der Waals surface area contributed by atoms with Crippen LogP contribution >= 0.6 is 11.8 Å². The van der Waals surface area contributed by atoms with Gasteiger partial charge in [0.1, 0.15) is 0 Å². The molecule has 25 heavy (non-hydrogen) atoms. The zero-order valence-corrected chi connectivity index (χ0v) is 14.8. The lowest BCUT2D eigenvalue weighted by molar-refractivity contribution is -0.113. The average Bonchev–Trinajstić information content (AvgIpc) is 3.10. The van der Waals surface area contributed by atoms with Gasteiger partial charge in [0, 0.05) is 23.6 Å². The van der Waals surface area contributed by atoms with Crippen molar-refractivity contribution in [1.82, 2.24) is 15.2 Å². The molecule has 2 heterocycles. The second kappa shape index (κ2) is 7.94. The van der Waals surface area contributed by atoms with Gasteiger partial charge < -0.3 is 9.73 Å². The Balaban J connectivity index is 1.53. The van der Waals surface area contributed by atoms with Gasteiger partial charge in [-0.15, -0.1) is 10.2 Å². The molecule has 0 saturated carbocycles. The zero-order chi connectivity index (χ0) is 17.6. The lowest BCUT2D eigenvalue weighted by Crippen LogP contribution is -2.14. The molecule has 0 saturated heterocycles. The van der Waals surface area contributed by atoms with Crippen LogP contribution in [0.3, 0.4) is 0 Å². The van der Waals surface area contributed by atoms with E-state index in [2.05, 4.69) is 34.3 Å². The molecule has 3 rings (SSSR count). The number of aromatic nitrogens is 3. The quantitative estimate of drug-likeness (QED) is 0.674. The number of hydrogen-bond acceptors (Lipinski definition) is 6. The Bertz CT molecular complexity index is 832. The fourth-order valence-corrected chi connectivity index (χ4v) is 2.72. The highest BCUT2D eigenvalue weighted by Crippen LogP contribution is 2.23. The van der Waals surface area contributed by atoms with E-state index in [0.717, 1.165) is 11.3 Å². The number of rotatable bonds is 6. The highest BCUT2D eigenvalue weighted by molar-refractivity contribution is 7.99. The molecule has 0 spiro atoms. The van der Waals surface area contributed by atoms with Crippen LogP contribution in [-0.4, -0.2) is 26.8 Å². The normalized spacial score (nSPS) is 10.8. The smallest absolute Gasteiger partial charge is 0.277 e. The summed E-state index contributed by atoms with van der Waals surface area (Å²) in [5.74, 6) is 0.956. The van der Waals surface area contributed by atoms with Gasteiger partial charge >= 0.3 is 0 Å². The van der Waals surface area contributed by atoms with Gasteiger partial charge in [0.15, 0.2) is 0 Å². The average molecular weight is 354 g/mol. The molecule has 0 aliphatic carbocycles. The first-order valence-corrected chi connectivity index (χ1v) is 8.87. The molecule has 7 heteroatoms. The summed E-state index contributed by atoms with van der Waals surface area (Å²) < 4.78 is 5.55. The van der Waals surface area contributed by atoms with Crippen molar-refractivity contribution >= 4 is 23.4 Å². The molecule has 6 nitrogen and oxygen atoms in total. The monoisotopic (exact) mass is 354 g/mol. The van der Waals surface area contributed by atoms with Gasteiger partial charge in [0.25, 0.3) is 5.22 Å². The molecule has 1 amide bonds. The van der Waals surface area contributed by atoms with Crippen molar-refractivity contribution in [2.75, 3.05) is 11.1 Å². The van der Waals surface area contributed by atoms with Gasteiger partial charge in [-0.3, -0.25) is 9.78 Å². The third-order valence-corrected chi connectivity index (χ3v) is 4.34. The van der Waals surface area contributed by atoms with Crippen LogP contribution in [0.25, 0.3) is 11.5 Å². The van der Waals surface area contributed by atoms with Gasteiger partial charge in [-0.25, -0.2) is 0 Å². The van der Waals surface area contributed by atoms with E-state index in [9.17, 15) is 4.79 Å². The summed E-state index contributed by atoms with van der Waals surface area (Å²) in [6, 6.07) is 11.4. The highest BCUT2D eigenvalue weighted by atomic mass is 32.2. The van der Waals surface area contributed by atoms with E-state index >= 15 is 0 Å². The van der Waals surface area contributed by atoms with Gasteiger partial charge in [0.05, 0.1) is 5.75 Å². The minimum absolute atomic E-state index is 0.119. The molecule has 0 unspecified atom stereocenters. The number of hydrogen-bond donors (Lipinski definition) is 1. The number of nitrogens with zero attached hydrogens (tertiary/aromatic N) is 3. The van der Waals surface area contributed by atoms with Crippen LogP contribution in [0.5, 0.6) is 0 Å². The summed E-state index contributed by atoms with van der Waals surface area (Å²) in [4.78, 5) is 16.0. The molecule has 1 aromatic carbocycles. The third-order valence-electron chi connectivity index (χ3n) is 3.52. The van der Waals surface area contributed by atoms with Crippen LogP contribution in [-0.2, 0) is 4.79 Å². The van der Waals surface area contributed by atoms with Gasteiger partial charge in [-0.1, -0.05) is 37.7 Å². The molecule has 2 aromatic heterocycles. The Labute approximate surface area is 150 Å². The minimum Gasteiger partial charge on any atom is -0.411 e. The third kappa shape index (κ3) is 4.67. The van der Waals surface area contributed by atoms with Crippen molar-refractivity contribution < 1.29 is 9.21 Å². The van der Waals surface area contributed by atoms with E-state index < -0.39 is 0 Å². The first-order chi connectivity index (χ1) is 12.1. The summed E-state index contributed by atoms with van der Waals surface area (Å²) in [6.45, 7) is 4.27. The number of benzene rings is 1. The van der Waals surface area contributed by atoms with Crippen LogP contribution in [0.4, 0.5) is 5.69 Å². The highest BCUT2D eigenvalue weighted by Gasteiger charge is 2.11. The lowest BCUT2D eigenvalue weighted by atomic mass is 10.0. The topological polar surface area (TPSA) is 80.9 Å². The molecule has 0 bridgehead atoms. The van der Waals surface area contributed by atoms with Crippen molar-refractivity contribution in [1.29, 1.82) is 0 Å². The predicted molar refractivity (Wildman–Crippen MR) is 97.4 cm³/mol. The Morgan fingerprint density at radius 1 is 1.12 bits per heavy atom. The maximum absolute atomic E-state index is 12.1. The zero-order valence-electron chi connectivity index (χ0n) is 14.0. The van der Waals surface area contributed by atoms with Crippen LogP contribution in [0.15, 0.2) is 58.4 Å². The maximum atomic E-state index is 12.1. The summed E-state index contributed by atoms with van der Waals surface area (Å²) in [5.41, 5.74) is 2.81. The largest absolute Gasteiger partial charge is 0.411 e. The standard InChI is InChI=1S/C18H18N4O2S/c1-12(2)13-3-5-15(6-4-13)20-16(23)11-25-18-22-21-17(24-18)14-7-9-19-10-8-14/h3-10,12H,11H2,1-2H3,(H,20,23). The number of pyridine rings is 1. The fourth-order valence-electron chi connectivity index (χ4n) is 2.15. The summed E-state index contributed by atoms with van der Waals surface area (Å²) in [5, 5.41) is 11.1. The maximum Gasteiger partial charge on any atom is 0.277 e. The molecule has 1 N–H and O–H groups in total. The molecule has 0 aliphatic heterocycles. The minimum atomic E-state index is -0.119. The van der Waals surface area contributed by atoms with Crippen LogP contribution in [0.1, 0.15) is 25.3 Å². The second-order valence-electron chi connectivity index (χ2n) is 5.72. The van der Waals surface area contributed by atoms with Crippen LogP contribution in [0, 0.1) is 0 Å². The molecule has 0 aliphatic rings.